The lowest BCUT2D eigenvalue weighted by atomic mass is 10.1. The molecule has 1 N–H and O–H groups in total. The average Bonchev–Trinajstić information content (AvgIpc) is 3.21. The van der Waals surface area contributed by atoms with Gasteiger partial charge in [-0.25, -0.2) is 8.42 Å². The highest BCUT2D eigenvalue weighted by molar-refractivity contribution is 8.42. The van der Waals surface area contributed by atoms with Crippen molar-refractivity contribution in [2.75, 3.05) is 19.5 Å². The molecule has 2 aromatic carbocycles. The van der Waals surface area contributed by atoms with Crippen molar-refractivity contribution in [1.82, 2.24) is 5.01 Å². The monoisotopic (exact) mass is 504 g/mol. The van der Waals surface area contributed by atoms with E-state index in [1.165, 1.54) is 6.08 Å². The fourth-order valence-electron chi connectivity index (χ4n) is 2.82. The number of thioether (sulfide) groups is 1. The first-order valence-corrected chi connectivity index (χ1v) is 12.6. The van der Waals surface area contributed by atoms with Gasteiger partial charge in [0.25, 0.3) is 5.91 Å². The van der Waals surface area contributed by atoms with Gasteiger partial charge < -0.3 is 9.47 Å². The van der Waals surface area contributed by atoms with Crippen molar-refractivity contribution in [3.05, 3.63) is 64.7 Å². The quantitative estimate of drug-likeness (QED) is 0.472. The number of rotatable bonds is 6. The number of carbonyl (C=O) groups is 1. The van der Waals surface area contributed by atoms with Gasteiger partial charge in [0.15, 0.2) is 5.84 Å². The molecule has 2 aromatic rings. The molecule has 170 valence electrons. The van der Waals surface area contributed by atoms with E-state index in [1.54, 1.807) is 36.4 Å². The molecule has 1 amide bonds. The lowest BCUT2D eigenvalue weighted by Gasteiger charge is -2.20. The topological polar surface area (TPSA) is 121 Å². The van der Waals surface area contributed by atoms with Crippen LogP contribution in [-0.4, -0.2) is 54.2 Å². The summed E-state index contributed by atoms with van der Waals surface area (Å²) in [6, 6.07) is 14.1. The Kier molecular flexibility index (Phi) is 6.54. The van der Waals surface area contributed by atoms with Crippen molar-refractivity contribution in [1.29, 1.82) is 5.41 Å². The molecule has 2 aliphatic heterocycles. The number of amides is 1. The SMILES string of the molecule is CS(=O)(=O)C1=NN2C(=N)/C(=C/c3ccc(OCCOc4ccccc4Cl)cc3)C(=O)N=C2S1. The minimum atomic E-state index is -3.58. The van der Waals surface area contributed by atoms with E-state index in [0.717, 1.165) is 23.0 Å². The third-order valence-electron chi connectivity index (χ3n) is 4.39. The van der Waals surface area contributed by atoms with Crippen LogP contribution in [0.3, 0.4) is 0 Å². The lowest BCUT2D eigenvalue weighted by Crippen LogP contribution is -2.35. The molecule has 0 bridgehead atoms. The van der Waals surface area contributed by atoms with Crippen LogP contribution in [0.25, 0.3) is 6.08 Å². The first-order chi connectivity index (χ1) is 15.7. The van der Waals surface area contributed by atoms with E-state index in [-0.39, 0.29) is 21.0 Å². The molecule has 0 spiro atoms. The van der Waals surface area contributed by atoms with Crippen LogP contribution in [0.5, 0.6) is 11.5 Å². The highest BCUT2D eigenvalue weighted by Crippen LogP contribution is 2.30. The highest BCUT2D eigenvalue weighted by atomic mass is 35.5. The number of benzene rings is 2. The summed E-state index contributed by atoms with van der Waals surface area (Å²) in [6.45, 7) is 0.616. The molecule has 12 heteroatoms. The van der Waals surface area contributed by atoms with E-state index in [1.807, 2.05) is 12.1 Å². The molecule has 0 saturated carbocycles. The summed E-state index contributed by atoms with van der Waals surface area (Å²) in [5.74, 6) is 0.303. The molecule has 0 atom stereocenters. The Hall–Kier alpha value is -3.15. The molecule has 2 aliphatic rings. The van der Waals surface area contributed by atoms with Crippen LogP contribution in [0.2, 0.25) is 5.02 Å². The van der Waals surface area contributed by atoms with Crippen LogP contribution in [0.1, 0.15) is 5.56 Å². The van der Waals surface area contributed by atoms with Gasteiger partial charge in [-0.2, -0.15) is 10.0 Å². The molecule has 4 rings (SSSR count). The van der Waals surface area contributed by atoms with Crippen LogP contribution in [0, 0.1) is 5.41 Å². The molecule has 0 aliphatic carbocycles. The zero-order valence-electron chi connectivity index (χ0n) is 17.2. The molecule has 0 saturated heterocycles. The third-order valence-corrected chi connectivity index (χ3v) is 7.28. The number of aliphatic imine (C=N–C) groups is 1. The first-order valence-electron chi connectivity index (χ1n) is 9.53. The van der Waals surface area contributed by atoms with Gasteiger partial charge in [0.2, 0.25) is 19.4 Å². The number of sulfone groups is 1. The van der Waals surface area contributed by atoms with Gasteiger partial charge >= 0.3 is 0 Å². The zero-order valence-corrected chi connectivity index (χ0v) is 19.6. The molecule has 0 unspecified atom stereocenters. The Bertz CT molecular complexity index is 1320. The molecule has 0 aromatic heterocycles. The second kappa shape index (κ2) is 9.38. The third kappa shape index (κ3) is 5.27. The fourth-order valence-corrected chi connectivity index (χ4v) is 4.70. The predicted molar refractivity (Wildman–Crippen MR) is 129 cm³/mol. The van der Waals surface area contributed by atoms with E-state index in [2.05, 4.69) is 10.1 Å². The number of amidine groups is 2. The Morgan fingerprint density at radius 2 is 1.82 bits per heavy atom. The fraction of sp³-hybridized carbons (Fsp3) is 0.143. The van der Waals surface area contributed by atoms with Crippen LogP contribution in [-0.2, 0) is 14.6 Å². The van der Waals surface area contributed by atoms with E-state index in [9.17, 15) is 13.2 Å². The highest BCUT2D eigenvalue weighted by Gasteiger charge is 2.38. The van der Waals surface area contributed by atoms with Gasteiger partial charge in [-0.3, -0.25) is 10.2 Å². The molecule has 9 nitrogen and oxygen atoms in total. The van der Waals surface area contributed by atoms with Crippen molar-refractivity contribution in [3.8, 4) is 11.5 Å². The summed E-state index contributed by atoms with van der Waals surface area (Å²) in [6.07, 6.45) is 2.50. The minimum Gasteiger partial charge on any atom is -0.490 e. The van der Waals surface area contributed by atoms with E-state index in [4.69, 9.17) is 26.5 Å². The van der Waals surface area contributed by atoms with Crippen LogP contribution >= 0.6 is 23.4 Å². The molecule has 0 radical (unpaired) electrons. The number of fused-ring (bicyclic) bond motifs is 1. The first kappa shape index (κ1) is 23.0. The van der Waals surface area contributed by atoms with Crippen molar-refractivity contribution < 1.29 is 22.7 Å². The zero-order chi connectivity index (χ0) is 23.6. The lowest BCUT2D eigenvalue weighted by molar-refractivity contribution is -0.114. The number of ether oxygens (including phenoxy) is 2. The van der Waals surface area contributed by atoms with Gasteiger partial charge in [-0.1, -0.05) is 35.9 Å². The second-order valence-corrected chi connectivity index (χ2v) is 10.4. The normalized spacial score (nSPS) is 17.0. The minimum absolute atomic E-state index is 0.000316. The largest absolute Gasteiger partial charge is 0.490 e. The number of nitrogens with one attached hydrogen (secondary N) is 1. The molecule has 33 heavy (non-hydrogen) atoms. The van der Waals surface area contributed by atoms with Gasteiger partial charge in [0.05, 0.1) is 10.6 Å². The molecular formula is C21H17ClN4O5S2. The number of hydrogen-bond acceptors (Lipinski definition) is 8. The van der Waals surface area contributed by atoms with Gasteiger partial charge in [0.1, 0.15) is 24.7 Å². The van der Waals surface area contributed by atoms with Gasteiger partial charge in [0, 0.05) is 6.26 Å². The summed E-state index contributed by atoms with van der Waals surface area (Å²) in [4.78, 5) is 16.3. The summed E-state index contributed by atoms with van der Waals surface area (Å²) >= 11 is 6.78. The number of carbonyl (C=O) groups excluding carboxylic acids is 1. The molecular weight excluding hydrogens is 488 g/mol. The number of nitrogens with zero attached hydrogens (tertiary/aromatic N) is 3. The maximum absolute atomic E-state index is 12.4. The van der Waals surface area contributed by atoms with Crippen molar-refractivity contribution >= 4 is 60.6 Å². The van der Waals surface area contributed by atoms with Crippen LogP contribution < -0.4 is 9.47 Å². The van der Waals surface area contributed by atoms with Crippen LogP contribution in [0.4, 0.5) is 0 Å². The molecule has 2 heterocycles. The number of para-hydroxylation sites is 1. The Labute approximate surface area is 199 Å². The van der Waals surface area contributed by atoms with Crippen LogP contribution in [0.15, 0.2) is 64.2 Å². The second-order valence-electron chi connectivity index (χ2n) is 6.85. The smallest absolute Gasteiger partial charge is 0.283 e. The number of halogens is 1. The maximum atomic E-state index is 12.4. The number of hydrogen-bond donors (Lipinski definition) is 1. The maximum Gasteiger partial charge on any atom is 0.283 e. The van der Waals surface area contributed by atoms with Gasteiger partial charge in [-0.15, -0.1) is 5.10 Å². The standard InChI is InChI=1S/C21H17ClN4O5S2/c1-33(28,29)21-25-26-18(23)15(19(27)24-20(26)32-21)12-13-6-8-14(9-7-13)30-10-11-31-17-5-3-2-4-16(17)22/h2-9,12,23H,10-11H2,1H3/b15-12-,23-18?. The summed E-state index contributed by atoms with van der Waals surface area (Å²) in [5, 5.41) is 13.8. The predicted octanol–water partition coefficient (Wildman–Crippen LogP) is 3.42. The van der Waals surface area contributed by atoms with Crippen molar-refractivity contribution in [2.45, 2.75) is 0 Å². The van der Waals surface area contributed by atoms with Gasteiger partial charge in [-0.05, 0) is 47.7 Å². The Balaban J connectivity index is 1.39. The van der Waals surface area contributed by atoms with E-state index in [0.29, 0.717) is 35.3 Å². The van der Waals surface area contributed by atoms with E-state index >= 15 is 0 Å². The average molecular weight is 505 g/mol. The van der Waals surface area contributed by atoms with Crippen molar-refractivity contribution in [2.24, 2.45) is 10.1 Å². The van der Waals surface area contributed by atoms with Crippen molar-refractivity contribution in [3.63, 3.8) is 0 Å². The summed E-state index contributed by atoms with van der Waals surface area (Å²) in [5.41, 5.74) is 0.639. The summed E-state index contributed by atoms with van der Waals surface area (Å²) in [7, 11) is -3.58. The molecule has 0 fully saturated rings. The summed E-state index contributed by atoms with van der Waals surface area (Å²) < 4.78 is 34.5. The Morgan fingerprint density at radius 1 is 1.12 bits per heavy atom. The number of hydrazone groups is 1. The van der Waals surface area contributed by atoms with E-state index < -0.39 is 15.7 Å². The Morgan fingerprint density at radius 3 is 2.52 bits per heavy atom.